The second-order valence-corrected chi connectivity index (χ2v) is 10.3. The summed E-state index contributed by atoms with van der Waals surface area (Å²) in [4.78, 5) is 44.5. The van der Waals surface area contributed by atoms with E-state index in [1.807, 2.05) is 35.0 Å². The van der Waals surface area contributed by atoms with Gasteiger partial charge in [0, 0.05) is 50.9 Å². The number of benzene rings is 1. The Hall–Kier alpha value is -2.37. The number of nitrogens with zero attached hydrogens (tertiary/aromatic N) is 3. The van der Waals surface area contributed by atoms with Crippen molar-refractivity contribution in [2.45, 2.75) is 58.3 Å². The Morgan fingerprint density at radius 3 is 2.23 bits per heavy atom. The van der Waals surface area contributed by atoms with Gasteiger partial charge < -0.3 is 14.7 Å². The number of likely N-dealkylation sites (tertiary alicyclic amines) is 2. The normalized spacial score (nSPS) is 20.8. The highest BCUT2D eigenvalue weighted by atomic mass is 16.2. The number of anilines is 1. The van der Waals surface area contributed by atoms with Crippen LogP contribution in [-0.2, 0) is 15.0 Å². The molecule has 2 fully saturated rings. The maximum atomic E-state index is 13.3. The molecule has 0 aliphatic carbocycles. The standard InChI is InChI=1S/C24H33N3O3/c1-23(2,3)16-20(28)26-13-9-24(10-14-26)18-15-17(21(29)27-11-5-6-12-27)7-8-19(18)25(4)22(24)30/h7-8,15H,5-6,9-14,16H2,1-4H3. The Bertz CT molecular complexity index is 872. The lowest BCUT2D eigenvalue weighted by atomic mass is 9.73. The maximum Gasteiger partial charge on any atom is 0.253 e. The van der Waals surface area contributed by atoms with Crippen molar-refractivity contribution in [2.24, 2.45) is 5.41 Å². The molecule has 1 spiro atoms. The fourth-order valence-corrected chi connectivity index (χ4v) is 5.18. The first-order valence-corrected chi connectivity index (χ1v) is 11.1. The van der Waals surface area contributed by atoms with Crippen molar-refractivity contribution < 1.29 is 14.4 Å². The Balaban J connectivity index is 1.58. The Morgan fingerprint density at radius 2 is 1.63 bits per heavy atom. The number of fused-ring (bicyclic) bond motifs is 2. The van der Waals surface area contributed by atoms with Crippen LogP contribution in [0, 0.1) is 5.41 Å². The lowest BCUT2D eigenvalue weighted by molar-refractivity contribution is -0.137. The molecule has 0 N–H and O–H groups in total. The highest BCUT2D eigenvalue weighted by molar-refractivity contribution is 6.09. The monoisotopic (exact) mass is 411 g/mol. The number of hydrogen-bond acceptors (Lipinski definition) is 3. The maximum absolute atomic E-state index is 13.3. The predicted octanol–water partition coefficient (Wildman–Crippen LogP) is 3.20. The molecule has 3 aliphatic rings. The molecular weight excluding hydrogens is 378 g/mol. The Morgan fingerprint density at radius 1 is 1.00 bits per heavy atom. The van der Waals surface area contributed by atoms with Crippen LogP contribution in [0.5, 0.6) is 0 Å². The molecule has 1 aromatic rings. The van der Waals surface area contributed by atoms with Gasteiger partial charge in [0.1, 0.15) is 0 Å². The SMILES string of the molecule is CN1C(=O)C2(CCN(C(=O)CC(C)(C)C)CC2)c2cc(C(=O)N3CCCC3)ccc21. The van der Waals surface area contributed by atoms with Crippen molar-refractivity contribution in [3.63, 3.8) is 0 Å². The number of amides is 3. The van der Waals surface area contributed by atoms with Crippen molar-refractivity contribution in [1.29, 1.82) is 0 Å². The molecule has 2 saturated heterocycles. The van der Waals surface area contributed by atoms with Crippen LogP contribution < -0.4 is 4.90 Å². The van der Waals surface area contributed by atoms with Gasteiger partial charge in [-0.1, -0.05) is 20.8 Å². The molecule has 4 rings (SSSR count). The molecule has 0 aromatic heterocycles. The molecule has 1 aromatic carbocycles. The number of carbonyl (C=O) groups is 3. The van der Waals surface area contributed by atoms with E-state index in [1.165, 1.54) is 0 Å². The van der Waals surface area contributed by atoms with Gasteiger partial charge in [-0.2, -0.15) is 0 Å². The molecule has 0 unspecified atom stereocenters. The van der Waals surface area contributed by atoms with Crippen LogP contribution in [-0.4, -0.2) is 60.7 Å². The number of piperidine rings is 1. The summed E-state index contributed by atoms with van der Waals surface area (Å²) in [6.07, 6.45) is 3.85. The molecule has 30 heavy (non-hydrogen) atoms. The second kappa shape index (κ2) is 7.40. The molecule has 3 heterocycles. The zero-order valence-electron chi connectivity index (χ0n) is 18.7. The van der Waals surface area contributed by atoms with E-state index < -0.39 is 5.41 Å². The van der Waals surface area contributed by atoms with Crippen LogP contribution in [0.25, 0.3) is 0 Å². The summed E-state index contributed by atoms with van der Waals surface area (Å²) in [5, 5.41) is 0. The Labute approximate surface area is 179 Å². The third-order valence-corrected chi connectivity index (χ3v) is 6.88. The summed E-state index contributed by atoms with van der Waals surface area (Å²) in [5.74, 6) is 0.311. The van der Waals surface area contributed by atoms with Gasteiger partial charge in [0.25, 0.3) is 5.91 Å². The van der Waals surface area contributed by atoms with Gasteiger partial charge in [-0.15, -0.1) is 0 Å². The third kappa shape index (κ3) is 3.50. The van der Waals surface area contributed by atoms with E-state index in [2.05, 4.69) is 20.8 Å². The van der Waals surface area contributed by atoms with E-state index in [0.717, 1.165) is 37.2 Å². The molecule has 0 atom stereocenters. The summed E-state index contributed by atoms with van der Waals surface area (Å²) >= 11 is 0. The highest BCUT2D eigenvalue weighted by Crippen LogP contribution is 2.48. The molecule has 6 heteroatoms. The fourth-order valence-electron chi connectivity index (χ4n) is 5.18. The topological polar surface area (TPSA) is 60.9 Å². The summed E-state index contributed by atoms with van der Waals surface area (Å²) in [5.41, 5.74) is 1.86. The van der Waals surface area contributed by atoms with Gasteiger partial charge in [0.2, 0.25) is 11.8 Å². The zero-order valence-corrected chi connectivity index (χ0v) is 18.7. The Kier molecular flexibility index (Phi) is 5.15. The molecule has 3 amide bonds. The second-order valence-electron chi connectivity index (χ2n) is 10.3. The minimum Gasteiger partial charge on any atom is -0.343 e. The number of likely N-dealkylation sites (N-methyl/N-ethyl adjacent to an activating group) is 1. The molecular formula is C24H33N3O3. The summed E-state index contributed by atoms with van der Waals surface area (Å²) in [6.45, 7) is 8.99. The first kappa shape index (κ1) is 20.9. The lowest BCUT2D eigenvalue weighted by Gasteiger charge is -2.39. The van der Waals surface area contributed by atoms with Crippen LogP contribution in [0.2, 0.25) is 0 Å². The van der Waals surface area contributed by atoms with Crippen molar-refractivity contribution in [1.82, 2.24) is 9.80 Å². The van der Waals surface area contributed by atoms with E-state index >= 15 is 0 Å². The van der Waals surface area contributed by atoms with Gasteiger partial charge in [-0.25, -0.2) is 0 Å². The zero-order chi connectivity index (χ0) is 21.7. The molecule has 6 nitrogen and oxygen atoms in total. The summed E-state index contributed by atoms with van der Waals surface area (Å²) in [6, 6.07) is 5.72. The van der Waals surface area contributed by atoms with E-state index in [1.54, 1.807) is 4.90 Å². The first-order chi connectivity index (χ1) is 14.1. The van der Waals surface area contributed by atoms with Crippen molar-refractivity contribution in [3.8, 4) is 0 Å². The van der Waals surface area contributed by atoms with Gasteiger partial charge in [0.15, 0.2) is 0 Å². The predicted molar refractivity (Wildman–Crippen MR) is 117 cm³/mol. The molecule has 3 aliphatic heterocycles. The van der Waals surface area contributed by atoms with Gasteiger partial charge in [-0.3, -0.25) is 14.4 Å². The first-order valence-electron chi connectivity index (χ1n) is 11.1. The molecule has 0 bridgehead atoms. The van der Waals surface area contributed by atoms with E-state index in [0.29, 0.717) is 37.9 Å². The average molecular weight is 412 g/mol. The highest BCUT2D eigenvalue weighted by Gasteiger charge is 2.51. The van der Waals surface area contributed by atoms with Crippen LogP contribution in [0.15, 0.2) is 18.2 Å². The smallest absolute Gasteiger partial charge is 0.253 e. The van der Waals surface area contributed by atoms with E-state index in [-0.39, 0.29) is 23.1 Å². The van der Waals surface area contributed by atoms with Gasteiger partial charge in [-0.05, 0) is 54.9 Å². The largest absolute Gasteiger partial charge is 0.343 e. The van der Waals surface area contributed by atoms with E-state index in [9.17, 15) is 14.4 Å². The molecule has 162 valence electrons. The quantitative estimate of drug-likeness (QED) is 0.751. The van der Waals surface area contributed by atoms with Gasteiger partial charge >= 0.3 is 0 Å². The molecule has 0 radical (unpaired) electrons. The van der Waals surface area contributed by atoms with Crippen molar-refractivity contribution >= 4 is 23.4 Å². The third-order valence-electron chi connectivity index (χ3n) is 6.88. The van der Waals surface area contributed by atoms with Crippen LogP contribution >= 0.6 is 0 Å². The van der Waals surface area contributed by atoms with Gasteiger partial charge in [0.05, 0.1) is 5.41 Å². The number of hydrogen-bond donors (Lipinski definition) is 0. The molecule has 0 saturated carbocycles. The minimum atomic E-state index is -0.621. The summed E-state index contributed by atoms with van der Waals surface area (Å²) in [7, 11) is 1.81. The minimum absolute atomic E-state index is 0.0486. The van der Waals surface area contributed by atoms with E-state index in [4.69, 9.17) is 0 Å². The summed E-state index contributed by atoms with van der Waals surface area (Å²) < 4.78 is 0. The van der Waals surface area contributed by atoms with Crippen LogP contribution in [0.4, 0.5) is 5.69 Å². The van der Waals surface area contributed by atoms with Crippen molar-refractivity contribution in [3.05, 3.63) is 29.3 Å². The average Bonchev–Trinajstić information content (AvgIpc) is 3.30. The lowest BCUT2D eigenvalue weighted by Crippen LogP contribution is -2.50. The van der Waals surface area contributed by atoms with Crippen LogP contribution in [0.3, 0.4) is 0 Å². The number of carbonyl (C=O) groups excluding carboxylic acids is 3. The van der Waals surface area contributed by atoms with Crippen LogP contribution in [0.1, 0.15) is 68.8 Å². The number of rotatable bonds is 2. The van der Waals surface area contributed by atoms with Crippen molar-refractivity contribution in [2.75, 3.05) is 38.1 Å². The fraction of sp³-hybridized carbons (Fsp3) is 0.625.